The molecule has 0 fully saturated rings. The van der Waals surface area contributed by atoms with Gasteiger partial charge in [0, 0.05) is 27.2 Å². The number of hydrogen-bond acceptors (Lipinski definition) is 1. The minimum atomic E-state index is 0.884. The second-order valence-electron chi connectivity index (χ2n) is 27.4. The molecule has 0 amide bonds. The van der Waals surface area contributed by atoms with Gasteiger partial charge in [0.15, 0.2) is 0 Å². The molecule has 0 N–H and O–H groups in total. The van der Waals surface area contributed by atoms with E-state index in [1.54, 1.807) is 0 Å². The minimum absolute atomic E-state index is 0.884. The second kappa shape index (κ2) is 20.8. The molecule has 19 aromatic carbocycles. The highest BCUT2D eigenvalue weighted by Crippen LogP contribution is 2.49. The van der Waals surface area contributed by atoms with Gasteiger partial charge in [0.05, 0.1) is 11.0 Å². The highest BCUT2D eigenvalue weighted by molar-refractivity contribution is 6.29. The maximum absolute atomic E-state index is 6.25. The van der Waals surface area contributed by atoms with Gasteiger partial charge in [0.2, 0.25) is 0 Å². The van der Waals surface area contributed by atoms with Crippen molar-refractivity contribution in [2.24, 2.45) is 0 Å². The Morgan fingerprint density at radius 3 is 1.48 bits per heavy atom. The van der Waals surface area contributed by atoms with Gasteiger partial charge in [0.1, 0.15) is 11.2 Å². The van der Waals surface area contributed by atoms with Crippen molar-refractivity contribution >= 4 is 141 Å². The first-order valence-electron chi connectivity index (χ1n) is 34.5. The molecule has 2 heterocycles. The summed E-state index contributed by atoms with van der Waals surface area (Å²) >= 11 is 0. The summed E-state index contributed by atoms with van der Waals surface area (Å²) in [6, 6.07) is 125. The van der Waals surface area contributed by atoms with Gasteiger partial charge in [0.25, 0.3) is 0 Å². The molecule has 0 saturated heterocycles. The predicted molar refractivity (Wildman–Crippen MR) is 421 cm³/mol. The fourth-order valence-corrected chi connectivity index (χ4v) is 17.5. The maximum Gasteiger partial charge on any atom is 0.135 e. The van der Waals surface area contributed by atoms with Crippen LogP contribution in [0.5, 0.6) is 0 Å². The Morgan fingerprint density at radius 1 is 0.202 bits per heavy atom. The third-order valence-electron chi connectivity index (χ3n) is 22.1. The van der Waals surface area contributed by atoms with Crippen LogP contribution < -0.4 is 0 Å². The number of rotatable bonds is 6. The van der Waals surface area contributed by atoms with E-state index in [1.807, 2.05) is 6.07 Å². The van der Waals surface area contributed by atoms with Crippen molar-refractivity contribution in [1.82, 2.24) is 4.57 Å². The molecular weight excluding hydrogens is 1200 g/mol. The molecule has 2 heteroatoms. The van der Waals surface area contributed by atoms with Gasteiger partial charge in [-0.1, -0.05) is 255 Å². The summed E-state index contributed by atoms with van der Waals surface area (Å²) in [6.45, 7) is 0. The molecule has 0 atom stereocenters. The average Bonchev–Trinajstić information content (AvgIpc) is 1.08. The van der Waals surface area contributed by atoms with Crippen molar-refractivity contribution in [3.63, 3.8) is 0 Å². The van der Waals surface area contributed by atoms with Crippen molar-refractivity contribution in [2.75, 3.05) is 0 Å². The maximum atomic E-state index is 6.25. The molecule has 2 nitrogen and oxygen atoms in total. The first-order valence-corrected chi connectivity index (χ1v) is 34.5. The zero-order valence-electron chi connectivity index (χ0n) is 53.8. The summed E-state index contributed by atoms with van der Waals surface area (Å²) in [7, 11) is 0. The van der Waals surface area contributed by atoms with Crippen LogP contribution in [0, 0.1) is 0 Å². The fourth-order valence-electron chi connectivity index (χ4n) is 17.5. The molecule has 21 aromatic rings. The van der Waals surface area contributed by atoms with E-state index in [1.165, 1.54) is 197 Å². The van der Waals surface area contributed by atoms with Gasteiger partial charge in [-0.25, -0.2) is 0 Å². The fraction of sp³-hybridized carbons (Fsp3) is 0.0103. The Balaban J connectivity index is 0.641. The number of fused-ring (bicyclic) bond motifs is 24. The number of para-hydroxylation sites is 2. The number of nitrogens with zero attached hydrogens (tertiary/aromatic N) is 1. The van der Waals surface area contributed by atoms with E-state index in [0.29, 0.717) is 0 Å². The quantitative estimate of drug-likeness (QED) is 0.152. The molecular formula is C97H57NO. The summed E-state index contributed by atoms with van der Waals surface area (Å²) in [5.74, 6) is 0. The normalized spacial score (nSPS) is 12.4. The zero-order chi connectivity index (χ0) is 64.6. The molecule has 0 spiro atoms. The van der Waals surface area contributed by atoms with E-state index < -0.39 is 0 Å². The molecule has 1 aliphatic rings. The van der Waals surface area contributed by atoms with Crippen LogP contribution in [-0.4, -0.2) is 4.57 Å². The lowest BCUT2D eigenvalue weighted by molar-refractivity contribution is 0.669. The molecule has 22 rings (SSSR count). The Hall–Kier alpha value is -12.9. The Kier molecular flexibility index (Phi) is 11.4. The van der Waals surface area contributed by atoms with Gasteiger partial charge in [-0.15, -0.1) is 0 Å². The van der Waals surface area contributed by atoms with Gasteiger partial charge < -0.3 is 8.98 Å². The third kappa shape index (κ3) is 8.18. The van der Waals surface area contributed by atoms with Gasteiger partial charge in [-0.2, -0.15) is 0 Å². The van der Waals surface area contributed by atoms with Gasteiger partial charge >= 0.3 is 0 Å². The van der Waals surface area contributed by atoms with E-state index in [0.717, 1.165) is 34.0 Å². The highest BCUT2D eigenvalue weighted by Gasteiger charge is 2.24. The average molecular weight is 1250 g/mol. The molecule has 0 bridgehead atoms. The SMILES string of the molecule is c1cc(-c2cc3cccc(-c4ccc5c(c4)-c4ccc(-c6cc7ccc(-c8ccc9oc%10ccccc%10c9c8)cc7c7c6ccc6ccccc67)cc4C5)c3c3c2ccc2ccccc23)cc(-n2c3ccccc3c3cc(-c4ccc5ccc6ccc7ccccc7c6c5c4)ccc32)c1. The molecule has 1 aliphatic carbocycles. The van der Waals surface area contributed by atoms with E-state index in [-0.39, 0.29) is 0 Å². The number of aromatic nitrogens is 1. The Bertz CT molecular complexity index is 7130. The first kappa shape index (κ1) is 54.4. The number of benzene rings is 19. The summed E-state index contributed by atoms with van der Waals surface area (Å²) in [5.41, 5.74) is 22.8. The summed E-state index contributed by atoms with van der Waals surface area (Å²) in [5, 5.41) is 27.5. The van der Waals surface area contributed by atoms with Crippen molar-refractivity contribution in [1.29, 1.82) is 0 Å². The van der Waals surface area contributed by atoms with Crippen LogP contribution in [0.4, 0.5) is 0 Å². The van der Waals surface area contributed by atoms with Crippen molar-refractivity contribution in [2.45, 2.75) is 6.42 Å². The molecule has 2 aromatic heterocycles. The lowest BCUT2D eigenvalue weighted by Crippen LogP contribution is -1.95. The minimum Gasteiger partial charge on any atom is -0.456 e. The van der Waals surface area contributed by atoms with E-state index >= 15 is 0 Å². The first-order chi connectivity index (χ1) is 49.0. The Labute approximate surface area is 569 Å². The molecule has 0 aliphatic heterocycles. The van der Waals surface area contributed by atoms with Gasteiger partial charge in [-0.3, -0.25) is 0 Å². The molecule has 0 saturated carbocycles. The topological polar surface area (TPSA) is 18.1 Å². The van der Waals surface area contributed by atoms with Crippen LogP contribution in [0.25, 0.3) is 213 Å². The van der Waals surface area contributed by atoms with Gasteiger partial charge in [-0.05, 0) is 260 Å². The summed E-state index contributed by atoms with van der Waals surface area (Å²) < 4.78 is 8.71. The largest absolute Gasteiger partial charge is 0.456 e. The van der Waals surface area contributed by atoms with E-state index in [2.05, 4.69) is 332 Å². The van der Waals surface area contributed by atoms with Crippen molar-refractivity contribution in [3.8, 4) is 72.4 Å². The van der Waals surface area contributed by atoms with Crippen molar-refractivity contribution in [3.05, 3.63) is 345 Å². The lowest BCUT2D eigenvalue weighted by Gasteiger charge is -2.18. The highest BCUT2D eigenvalue weighted by atomic mass is 16.3. The molecule has 0 unspecified atom stereocenters. The summed E-state index contributed by atoms with van der Waals surface area (Å²) in [6.07, 6.45) is 0.884. The van der Waals surface area contributed by atoms with Crippen LogP contribution in [0.3, 0.4) is 0 Å². The van der Waals surface area contributed by atoms with Crippen LogP contribution in [0.1, 0.15) is 11.1 Å². The summed E-state index contributed by atoms with van der Waals surface area (Å²) in [4.78, 5) is 0. The standard InChI is InChI=1S/C97H57NO/c1-4-19-75-57(13-1)27-30-61-31-28-60-29-32-62(50-86(60)94(61)75)64-40-45-91-88(52-64)79-22-7-9-25-90(79)98(91)73-18-11-16-66(49-73)85-56-71-17-12-24-78(95(71)97-77-21-6-3-15-59(77)38-44-82(85)97)69-36-35-67-47-72-48-68(39-42-74(72)83(67)54-69)84-55-70-34-33-63(51-87(70)96-76-20-5-2-14-58(76)37-43-81(84)96)65-41-46-93-89(53-65)80-23-8-10-26-92(80)99-93/h1-46,48-56H,47H2. The van der Waals surface area contributed by atoms with Crippen LogP contribution in [0.15, 0.2) is 338 Å². The number of furan rings is 1. The van der Waals surface area contributed by atoms with E-state index in [4.69, 9.17) is 4.42 Å². The zero-order valence-corrected chi connectivity index (χ0v) is 53.8. The molecule has 456 valence electrons. The lowest BCUT2D eigenvalue weighted by atomic mass is 9.86. The van der Waals surface area contributed by atoms with E-state index in [9.17, 15) is 0 Å². The van der Waals surface area contributed by atoms with Crippen LogP contribution in [-0.2, 0) is 6.42 Å². The third-order valence-corrected chi connectivity index (χ3v) is 22.1. The smallest absolute Gasteiger partial charge is 0.135 e. The monoisotopic (exact) mass is 1250 g/mol. The van der Waals surface area contributed by atoms with Crippen molar-refractivity contribution < 1.29 is 4.42 Å². The Morgan fingerprint density at radius 2 is 0.707 bits per heavy atom. The second-order valence-corrected chi connectivity index (χ2v) is 27.4. The molecule has 99 heavy (non-hydrogen) atoms. The van der Waals surface area contributed by atoms with Crippen LogP contribution in [0.2, 0.25) is 0 Å². The molecule has 0 radical (unpaired) electrons. The number of hydrogen-bond donors (Lipinski definition) is 0. The van der Waals surface area contributed by atoms with Crippen LogP contribution >= 0.6 is 0 Å². The predicted octanol–water partition coefficient (Wildman–Crippen LogP) is 27.0.